The highest BCUT2D eigenvalue weighted by Crippen LogP contribution is 2.15. The molecule has 1 aliphatic heterocycles. The third kappa shape index (κ3) is 3.84. The second-order valence-corrected chi connectivity index (χ2v) is 5.52. The van der Waals surface area contributed by atoms with Gasteiger partial charge in [0.25, 0.3) is 0 Å². The largest absolute Gasteiger partial charge is 0.399 e. The Kier molecular flexibility index (Phi) is 4.79. The lowest BCUT2D eigenvalue weighted by Crippen LogP contribution is -2.43. The van der Waals surface area contributed by atoms with E-state index in [1.54, 1.807) is 6.08 Å². The second kappa shape index (κ2) is 6.57. The van der Waals surface area contributed by atoms with Gasteiger partial charge in [-0.05, 0) is 50.7 Å². The normalized spacial score (nSPS) is 17.1. The van der Waals surface area contributed by atoms with Gasteiger partial charge in [0.1, 0.15) is 0 Å². The van der Waals surface area contributed by atoms with Crippen LogP contribution < -0.4 is 5.73 Å². The lowest BCUT2D eigenvalue weighted by atomic mass is 10.0. The Morgan fingerprint density at radius 2 is 1.85 bits per heavy atom. The van der Waals surface area contributed by atoms with Crippen molar-refractivity contribution < 1.29 is 4.79 Å². The Bertz CT molecular complexity index is 471. The van der Waals surface area contributed by atoms with Crippen LogP contribution in [0.2, 0.25) is 0 Å². The number of amides is 1. The minimum Gasteiger partial charge on any atom is -0.399 e. The Hall–Kier alpha value is -1.81. The SMILES string of the molecule is CN(C)C1CCN(C(=O)/C=C/c2ccc(N)cc2)CC1. The summed E-state index contributed by atoms with van der Waals surface area (Å²) < 4.78 is 0. The second-order valence-electron chi connectivity index (χ2n) is 5.52. The molecule has 0 unspecified atom stereocenters. The fraction of sp³-hybridized carbons (Fsp3) is 0.438. The van der Waals surface area contributed by atoms with Crippen LogP contribution in [0.4, 0.5) is 5.69 Å². The molecule has 1 heterocycles. The minimum absolute atomic E-state index is 0.0963. The van der Waals surface area contributed by atoms with Crippen molar-refractivity contribution in [2.75, 3.05) is 32.9 Å². The van der Waals surface area contributed by atoms with Crippen molar-refractivity contribution in [1.29, 1.82) is 0 Å². The van der Waals surface area contributed by atoms with Crippen molar-refractivity contribution in [3.63, 3.8) is 0 Å². The van der Waals surface area contributed by atoms with E-state index in [-0.39, 0.29) is 5.91 Å². The summed E-state index contributed by atoms with van der Waals surface area (Å²) >= 11 is 0. The highest BCUT2D eigenvalue weighted by Gasteiger charge is 2.22. The molecule has 0 atom stereocenters. The van der Waals surface area contributed by atoms with Gasteiger partial charge in [-0.3, -0.25) is 4.79 Å². The number of anilines is 1. The van der Waals surface area contributed by atoms with E-state index in [4.69, 9.17) is 5.73 Å². The summed E-state index contributed by atoms with van der Waals surface area (Å²) in [5.41, 5.74) is 7.37. The van der Waals surface area contributed by atoms with Crippen LogP contribution in [0.25, 0.3) is 6.08 Å². The van der Waals surface area contributed by atoms with Crippen LogP contribution in [-0.4, -0.2) is 48.9 Å². The zero-order chi connectivity index (χ0) is 14.5. The van der Waals surface area contributed by atoms with Crippen LogP contribution >= 0.6 is 0 Å². The number of hydrogen-bond acceptors (Lipinski definition) is 3. The molecule has 108 valence electrons. The lowest BCUT2D eigenvalue weighted by Gasteiger charge is -2.34. The maximum absolute atomic E-state index is 12.1. The van der Waals surface area contributed by atoms with E-state index in [1.165, 1.54) is 0 Å². The number of hydrogen-bond donors (Lipinski definition) is 1. The molecule has 4 heteroatoms. The molecule has 1 fully saturated rings. The van der Waals surface area contributed by atoms with Crippen LogP contribution in [0.1, 0.15) is 18.4 Å². The third-order valence-corrected chi connectivity index (χ3v) is 3.86. The number of carbonyl (C=O) groups is 1. The van der Waals surface area contributed by atoms with Gasteiger partial charge in [-0.25, -0.2) is 0 Å². The van der Waals surface area contributed by atoms with E-state index in [0.717, 1.165) is 37.2 Å². The summed E-state index contributed by atoms with van der Waals surface area (Å²) in [6.07, 6.45) is 5.60. The van der Waals surface area contributed by atoms with E-state index in [2.05, 4.69) is 19.0 Å². The minimum atomic E-state index is 0.0963. The van der Waals surface area contributed by atoms with E-state index < -0.39 is 0 Å². The molecule has 0 spiro atoms. The molecule has 1 amide bonds. The Balaban J connectivity index is 1.88. The van der Waals surface area contributed by atoms with Crippen LogP contribution in [0.5, 0.6) is 0 Å². The fourth-order valence-corrected chi connectivity index (χ4v) is 2.48. The molecule has 0 aliphatic carbocycles. The summed E-state index contributed by atoms with van der Waals surface area (Å²) in [5, 5.41) is 0. The first-order chi connectivity index (χ1) is 9.56. The van der Waals surface area contributed by atoms with Crippen molar-refractivity contribution in [3.05, 3.63) is 35.9 Å². The molecular weight excluding hydrogens is 250 g/mol. The average molecular weight is 273 g/mol. The van der Waals surface area contributed by atoms with E-state index in [9.17, 15) is 4.79 Å². The molecule has 4 nitrogen and oxygen atoms in total. The molecule has 0 radical (unpaired) electrons. The van der Waals surface area contributed by atoms with E-state index in [0.29, 0.717) is 6.04 Å². The van der Waals surface area contributed by atoms with Gasteiger partial charge in [0, 0.05) is 30.9 Å². The molecule has 0 bridgehead atoms. The monoisotopic (exact) mass is 273 g/mol. The quantitative estimate of drug-likeness (QED) is 0.675. The van der Waals surface area contributed by atoms with Crippen LogP contribution in [0.15, 0.2) is 30.3 Å². The van der Waals surface area contributed by atoms with Gasteiger partial charge >= 0.3 is 0 Å². The number of nitrogens with zero attached hydrogens (tertiary/aromatic N) is 2. The number of benzene rings is 1. The van der Waals surface area contributed by atoms with Crippen molar-refractivity contribution >= 4 is 17.7 Å². The summed E-state index contributed by atoms with van der Waals surface area (Å²) in [6.45, 7) is 1.68. The van der Waals surface area contributed by atoms with E-state index in [1.807, 2.05) is 35.2 Å². The number of piperidine rings is 1. The molecule has 20 heavy (non-hydrogen) atoms. The van der Waals surface area contributed by atoms with Gasteiger partial charge in [-0.1, -0.05) is 12.1 Å². The average Bonchev–Trinajstić information content (AvgIpc) is 2.46. The molecular formula is C16H23N3O. The number of rotatable bonds is 3. The number of likely N-dealkylation sites (tertiary alicyclic amines) is 1. The van der Waals surface area contributed by atoms with Crippen molar-refractivity contribution in [2.45, 2.75) is 18.9 Å². The van der Waals surface area contributed by atoms with Gasteiger partial charge in [-0.15, -0.1) is 0 Å². The van der Waals surface area contributed by atoms with Gasteiger partial charge in [0.05, 0.1) is 0 Å². The molecule has 1 saturated heterocycles. The van der Waals surface area contributed by atoms with Crippen molar-refractivity contribution in [3.8, 4) is 0 Å². The summed E-state index contributed by atoms with van der Waals surface area (Å²) in [6, 6.07) is 8.11. The summed E-state index contributed by atoms with van der Waals surface area (Å²) in [7, 11) is 4.20. The zero-order valence-electron chi connectivity index (χ0n) is 12.2. The number of carbonyl (C=O) groups excluding carboxylic acids is 1. The molecule has 2 N–H and O–H groups in total. The standard InChI is InChI=1S/C16H23N3O/c1-18(2)15-9-11-19(12-10-15)16(20)8-5-13-3-6-14(17)7-4-13/h3-8,15H,9-12,17H2,1-2H3/b8-5+. The van der Waals surface area contributed by atoms with Gasteiger partial charge in [0.2, 0.25) is 5.91 Å². The van der Waals surface area contributed by atoms with Crippen LogP contribution in [-0.2, 0) is 4.79 Å². The maximum atomic E-state index is 12.1. The molecule has 1 aromatic rings. The molecule has 1 aliphatic rings. The van der Waals surface area contributed by atoms with Crippen LogP contribution in [0, 0.1) is 0 Å². The Morgan fingerprint density at radius 3 is 2.40 bits per heavy atom. The smallest absolute Gasteiger partial charge is 0.246 e. The maximum Gasteiger partial charge on any atom is 0.246 e. The molecule has 0 aromatic heterocycles. The lowest BCUT2D eigenvalue weighted by molar-refractivity contribution is -0.127. The molecule has 0 saturated carbocycles. The zero-order valence-corrected chi connectivity index (χ0v) is 12.2. The van der Waals surface area contributed by atoms with Gasteiger partial charge in [-0.2, -0.15) is 0 Å². The topological polar surface area (TPSA) is 49.6 Å². The highest BCUT2D eigenvalue weighted by molar-refractivity contribution is 5.91. The number of nitrogen functional groups attached to an aromatic ring is 1. The van der Waals surface area contributed by atoms with Crippen LogP contribution in [0.3, 0.4) is 0 Å². The Morgan fingerprint density at radius 1 is 1.25 bits per heavy atom. The van der Waals surface area contributed by atoms with E-state index >= 15 is 0 Å². The van der Waals surface area contributed by atoms with Gasteiger partial charge in [0.15, 0.2) is 0 Å². The predicted octanol–water partition coefficient (Wildman–Crippen LogP) is 1.83. The molecule has 2 rings (SSSR count). The first kappa shape index (κ1) is 14.6. The molecule has 1 aromatic carbocycles. The highest BCUT2D eigenvalue weighted by atomic mass is 16.2. The van der Waals surface area contributed by atoms with Gasteiger partial charge < -0.3 is 15.5 Å². The first-order valence-electron chi connectivity index (χ1n) is 7.05. The van der Waals surface area contributed by atoms with Crippen molar-refractivity contribution in [1.82, 2.24) is 9.80 Å². The summed E-state index contributed by atoms with van der Waals surface area (Å²) in [5.74, 6) is 0.0963. The van der Waals surface area contributed by atoms with Crippen molar-refractivity contribution in [2.24, 2.45) is 0 Å². The fourth-order valence-electron chi connectivity index (χ4n) is 2.48. The third-order valence-electron chi connectivity index (χ3n) is 3.86. The predicted molar refractivity (Wildman–Crippen MR) is 83.2 cm³/mol. The first-order valence-corrected chi connectivity index (χ1v) is 7.05. The summed E-state index contributed by atoms with van der Waals surface area (Å²) in [4.78, 5) is 16.3. The number of nitrogens with two attached hydrogens (primary N) is 1. The Labute approximate surface area is 120 Å².